The number of halogens is 2. The number of amides is 1. The normalized spacial score (nSPS) is 10.1. The maximum absolute atomic E-state index is 12.1. The van der Waals surface area contributed by atoms with Crippen LogP contribution in [0.2, 0.25) is 10.0 Å². The summed E-state index contributed by atoms with van der Waals surface area (Å²) in [7, 11) is 0. The lowest BCUT2D eigenvalue weighted by Crippen LogP contribution is -2.22. The van der Waals surface area contributed by atoms with Gasteiger partial charge >= 0.3 is 0 Å². The summed E-state index contributed by atoms with van der Waals surface area (Å²) in [5, 5.41) is 6.81. The Morgan fingerprint density at radius 1 is 1.17 bits per heavy atom. The number of hydrogen-bond donors (Lipinski definition) is 2. The number of nitrogens with one attached hydrogen (secondary N) is 2. The van der Waals surface area contributed by atoms with Crippen LogP contribution in [0.3, 0.4) is 0 Å². The Balaban J connectivity index is 1.97. The summed E-state index contributed by atoms with van der Waals surface area (Å²) in [6.45, 7) is 6.11. The van der Waals surface area contributed by atoms with Gasteiger partial charge in [-0.05, 0) is 42.8 Å². The van der Waals surface area contributed by atoms with Crippen molar-refractivity contribution in [1.29, 1.82) is 0 Å². The first-order valence-electron chi connectivity index (χ1n) is 7.30. The molecule has 0 atom stereocenters. The van der Waals surface area contributed by atoms with Crippen molar-refractivity contribution >= 4 is 40.5 Å². The van der Waals surface area contributed by atoms with Gasteiger partial charge in [-0.15, -0.1) is 0 Å². The molecule has 1 amide bonds. The fraction of sp³-hybridized carbons (Fsp3) is 0.167. The highest BCUT2D eigenvalue weighted by Crippen LogP contribution is 2.26. The van der Waals surface area contributed by atoms with Crippen molar-refractivity contribution in [2.75, 3.05) is 23.8 Å². The van der Waals surface area contributed by atoms with Crippen LogP contribution in [0.4, 0.5) is 11.4 Å². The van der Waals surface area contributed by atoms with Crippen LogP contribution >= 0.6 is 23.2 Å². The van der Waals surface area contributed by atoms with Crippen molar-refractivity contribution in [3.05, 3.63) is 64.7 Å². The zero-order chi connectivity index (χ0) is 17.5. The molecular weight excluding hydrogens is 347 g/mol. The van der Waals surface area contributed by atoms with E-state index in [1.165, 1.54) is 0 Å². The van der Waals surface area contributed by atoms with E-state index in [0.29, 0.717) is 33.8 Å². The number of benzene rings is 2. The Kier molecular flexibility index (Phi) is 6.53. The van der Waals surface area contributed by atoms with Gasteiger partial charge in [-0.2, -0.15) is 0 Å². The Bertz CT molecular complexity index is 748. The smallest absolute Gasteiger partial charge is 0.243 e. The summed E-state index contributed by atoms with van der Waals surface area (Å²) in [5.41, 5.74) is 2.10. The lowest BCUT2D eigenvalue weighted by atomic mass is 10.3. The number of anilines is 2. The molecule has 2 rings (SSSR count). The second kappa shape index (κ2) is 8.62. The van der Waals surface area contributed by atoms with Gasteiger partial charge < -0.3 is 15.4 Å². The van der Waals surface area contributed by atoms with Crippen LogP contribution in [0.1, 0.15) is 6.92 Å². The summed E-state index contributed by atoms with van der Waals surface area (Å²) in [4.78, 5) is 12.1. The van der Waals surface area contributed by atoms with Crippen molar-refractivity contribution in [1.82, 2.24) is 0 Å². The monoisotopic (exact) mass is 364 g/mol. The van der Waals surface area contributed by atoms with Crippen LogP contribution in [0.25, 0.3) is 0 Å². The highest BCUT2D eigenvalue weighted by atomic mass is 35.5. The van der Waals surface area contributed by atoms with E-state index < -0.39 is 0 Å². The second-order valence-electron chi connectivity index (χ2n) is 5.27. The standard InChI is InChI=1S/C18H18Cl2N2O2/c1-12(2)11-24-17-6-4-3-5-15(17)22-18(23)10-21-16-9-13(19)7-8-14(16)20/h3-9,21H,1,10-11H2,2H3,(H,22,23). The zero-order valence-electron chi connectivity index (χ0n) is 13.2. The van der Waals surface area contributed by atoms with Gasteiger partial charge in [-0.1, -0.05) is 41.9 Å². The van der Waals surface area contributed by atoms with Gasteiger partial charge in [0.1, 0.15) is 12.4 Å². The predicted molar refractivity (Wildman–Crippen MR) is 100 cm³/mol. The van der Waals surface area contributed by atoms with E-state index in [1.807, 2.05) is 19.1 Å². The van der Waals surface area contributed by atoms with Gasteiger partial charge in [0.2, 0.25) is 5.91 Å². The molecule has 0 unspecified atom stereocenters. The maximum atomic E-state index is 12.1. The van der Waals surface area contributed by atoms with Crippen LogP contribution < -0.4 is 15.4 Å². The molecule has 0 saturated heterocycles. The van der Waals surface area contributed by atoms with Crippen LogP contribution in [-0.4, -0.2) is 19.1 Å². The molecule has 0 aliphatic carbocycles. The van der Waals surface area contributed by atoms with E-state index in [-0.39, 0.29) is 12.5 Å². The van der Waals surface area contributed by atoms with E-state index >= 15 is 0 Å². The number of ether oxygens (including phenoxy) is 1. The highest BCUT2D eigenvalue weighted by Gasteiger charge is 2.09. The van der Waals surface area contributed by atoms with Crippen LogP contribution in [-0.2, 0) is 4.79 Å². The van der Waals surface area contributed by atoms with Crippen LogP contribution in [0.5, 0.6) is 5.75 Å². The van der Waals surface area contributed by atoms with E-state index in [9.17, 15) is 4.79 Å². The number of carbonyl (C=O) groups is 1. The molecule has 0 fully saturated rings. The third kappa shape index (κ3) is 5.48. The Hall–Kier alpha value is -2.17. The minimum absolute atomic E-state index is 0.0505. The average Bonchev–Trinajstić information content (AvgIpc) is 2.55. The minimum atomic E-state index is -0.225. The highest BCUT2D eigenvalue weighted by molar-refractivity contribution is 6.35. The van der Waals surface area contributed by atoms with Gasteiger partial charge in [0.05, 0.1) is 22.9 Å². The van der Waals surface area contributed by atoms with Gasteiger partial charge in [0, 0.05) is 5.02 Å². The van der Waals surface area contributed by atoms with Gasteiger partial charge in [0.15, 0.2) is 0 Å². The molecule has 0 spiro atoms. The van der Waals surface area contributed by atoms with E-state index in [1.54, 1.807) is 30.3 Å². The molecule has 2 aromatic carbocycles. The maximum Gasteiger partial charge on any atom is 0.243 e. The summed E-state index contributed by atoms with van der Waals surface area (Å²) in [6, 6.07) is 12.3. The molecule has 4 nitrogen and oxygen atoms in total. The molecule has 2 N–H and O–H groups in total. The average molecular weight is 365 g/mol. The Labute approximate surface area is 151 Å². The zero-order valence-corrected chi connectivity index (χ0v) is 14.7. The SMILES string of the molecule is C=C(C)COc1ccccc1NC(=O)CNc1cc(Cl)ccc1Cl. The molecule has 0 heterocycles. The predicted octanol–water partition coefficient (Wildman–Crippen LogP) is 5.00. The van der Waals surface area contributed by atoms with Crippen molar-refractivity contribution in [2.45, 2.75) is 6.92 Å². The first kappa shape index (κ1) is 18.2. The molecule has 2 aromatic rings. The van der Waals surface area contributed by atoms with Gasteiger partial charge in [-0.3, -0.25) is 4.79 Å². The molecule has 0 aromatic heterocycles. The first-order chi connectivity index (χ1) is 11.5. The Morgan fingerprint density at radius 3 is 2.67 bits per heavy atom. The molecule has 6 heteroatoms. The van der Waals surface area contributed by atoms with Crippen molar-refractivity contribution in [3.8, 4) is 5.75 Å². The fourth-order valence-corrected chi connectivity index (χ4v) is 2.26. The topological polar surface area (TPSA) is 50.4 Å². The molecule has 0 aliphatic heterocycles. The van der Waals surface area contributed by atoms with Gasteiger partial charge in [0.25, 0.3) is 0 Å². The third-order valence-corrected chi connectivity index (χ3v) is 3.57. The van der Waals surface area contributed by atoms with Crippen molar-refractivity contribution < 1.29 is 9.53 Å². The summed E-state index contributed by atoms with van der Waals surface area (Å²) in [6.07, 6.45) is 0. The molecule has 0 saturated carbocycles. The van der Waals surface area contributed by atoms with E-state index in [2.05, 4.69) is 17.2 Å². The lowest BCUT2D eigenvalue weighted by Gasteiger charge is -2.13. The summed E-state index contributed by atoms with van der Waals surface area (Å²) < 4.78 is 5.62. The number of carbonyl (C=O) groups excluding carboxylic acids is 1. The van der Waals surface area contributed by atoms with E-state index in [4.69, 9.17) is 27.9 Å². The number of para-hydroxylation sites is 2. The van der Waals surface area contributed by atoms with Crippen LogP contribution in [0.15, 0.2) is 54.6 Å². The largest absolute Gasteiger partial charge is 0.487 e. The molecule has 0 bridgehead atoms. The quantitative estimate of drug-likeness (QED) is 0.679. The van der Waals surface area contributed by atoms with Crippen molar-refractivity contribution in [3.63, 3.8) is 0 Å². The summed E-state index contributed by atoms with van der Waals surface area (Å²) >= 11 is 12.0. The van der Waals surface area contributed by atoms with E-state index in [0.717, 1.165) is 5.57 Å². The molecule has 0 aliphatic rings. The second-order valence-corrected chi connectivity index (χ2v) is 6.11. The lowest BCUT2D eigenvalue weighted by molar-refractivity contribution is -0.114. The molecular formula is C18H18Cl2N2O2. The first-order valence-corrected chi connectivity index (χ1v) is 8.06. The Morgan fingerprint density at radius 2 is 1.92 bits per heavy atom. The summed E-state index contributed by atoms with van der Waals surface area (Å²) in [5.74, 6) is 0.368. The third-order valence-electron chi connectivity index (χ3n) is 3.00. The molecule has 126 valence electrons. The minimum Gasteiger partial charge on any atom is -0.487 e. The molecule has 0 radical (unpaired) electrons. The number of hydrogen-bond acceptors (Lipinski definition) is 3. The van der Waals surface area contributed by atoms with Crippen LogP contribution in [0, 0.1) is 0 Å². The van der Waals surface area contributed by atoms with Crippen molar-refractivity contribution in [2.24, 2.45) is 0 Å². The molecule has 24 heavy (non-hydrogen) atoms. The fourth-order valence-electron chi connectivity index (χ4n) is 1.90. The number of rotatable bonds is 7. The van der Waals surface area contributed by atoms with Gasteiger partial charge in [-0.25, -0.2) is 0 Å².